The maximum atomic E-state index is 12.8. The van der Waals surface area contributed by atoms with Gasteiger partial charge in [0.05, 0.1) is 23.3 Å². The molecule has 9 nitrogen and oxygen atoms in total. The van der Waals surface area contributed by atoms with Crippen LogP contribution in [-0.2, 0) is 21.3 Å². The second-order valence-corrected chi connectivity index (χ2v) is 8.66. The Bertz CT molecular complexity index is 886. The molecule has 10 heteroatoms. The smallest absolute Gasteiger partial charge is 0.319 e. The predicted octanol–water partition coefficient (Wildman–Crippen LogP) is 1.28. The number of carbonyl (C=O) groups excluding carboxylic acids is 1. The second-order valence-electron chi connectivity index (χ2n) is 6.72. The molecule has 0 radical (unpaired) electrons. The Morgan fingerprint density at radius 1 is 1.22 bits per heavy atom. The van der Waals surface area contributed by atoms with Crippen molar-refractivity contribution in [2.75, 3.05) is 18.4 Å². The summed E-state index contributed by atoms with van der Waals surface area (Å²) < 4.78 is 32.9. The molecule has 0 spiro atoms. The fraction of sp³-hybridized carbons (Fsp3) is 0.412. The van der Waals surface area contributed by atoms with Crippen LogP contribution >= 0.6 is 0 Å². The summed E-state index contributed by atoms with van der Waals surface area (Å²) in [4.78, 5) is 12.1. The number of anilines is 1. The van der Waals surface area contributed by atoms with Crippen LogP contribution in [0.15, 0.2) is 41.6 Å². The third-order valence-corrected chi connectivity index (χ3v) is 6.61. The van der Waals surface area contributed by atoms with Gasteiger partial charge in [0, 0.05) is 37.1 Å². The number of morpholine rings is 1. The highest BCUT2D eigenvalue weighted by atomic mass is 32.2. The Labute approximate surface area is 157 Å². The van der Waals surface area contributed by atoms with Crippen LogP contribution < -0.4 is 10.6 Å². The molecule has 1 aromatic heterocycles. The van der Waals surface area contributed by atoms with E-state index in [1.54, 1.807) is 24.5 Å². The molecule has 3 N–H and O–H groups in total. The third kappa shape index (κ3) is 3.97. The van der Waals surface area contributed by atoms with E-state index in [0.717, 1.165) is 18.4 Å². The van der Waals surface area contributed by atoms with E-state index in [4.69, 9.17) is 4.74 Å². The molecule has 4 rings (SSSR count). The van der Waals surface area contributed by atoms with Gasteiger partial charge in [-0.15, -0.1) is 0 Å². The van der Waals surface area contributed by atoms with Gasteiger partial charge in [-0.25, -0.2) is 13.2 Å². The number of aromatic amines is 1. The van der Waals surface area contributed by atoms with Gasteiger partial charge < -0.3 is 15.4 Å². The number of sulfonamides is 1. The van der Waals surface area contributed by atoms with Crippen LogP contribution in [0.1, 0.15) is 18.4 Å². The molecule has 27 heavy (non-hydrogen) atoms. The zero-order valence-electron chi connectivity index (χ0n) is 14.6. The number of fused-ring (bicyclic) bond motifs is 2. The minimum atomic E-state index is -3.56. The number of rotatable bonds is 5. The van der Waals surface area contributed by atoms with Crippen LogP contribution in [-0.4, -0.2) is 54.2 Å². The molecule has 3 heterocycles. The van der Waals surface area contributed by atoms with Gasteiger partial charge in [0.2, 0.25) is 10.0 Å². The molecule has 2 unspecified atom stereocenters. The average Bonchev–Trinajstić information content (AvgIpc) is 3.29. The lowest BCUT2D eigenvalue weighted by Crippen LogP contribution is -2.45. The van der Waals surface area contributed by atoms with Crippen molar-refractivity contribution in [2.24, 2.45) is 0 Å². The van der Waals surface area contributed by atoms with Gasteiger partial charge >= 0.3 is 6.03 Å². The Kier molecular flexibility index (Phi) is 4.85. The highest BCUT2D eigenvalue weighted by Crippen LogP contribution is 2.30. The molecule has 2 bridgehead atoms. The molecule has 2 aromatic rings. The van der Waals surface area contributed by atoms with Crippen molar-refractivity contribution in [2.45, 2.75) is 36.5 Å². The standard InChI is InChI=1S/C17H21N5O4S/c23-17(18-7-12-8-19-20-9-12)21-13-1-5-16(6-2-13)27(24,25)22-10-14-3-4-15(11-22)26-14/h1-2,5-6,8-9,14-15H,3-4,7,10-11H2,(H,19,20)(H2,18,21,23). The van der Waals surface area contributed by atoms with Gasteiger partial charge in [0.25, 0.3) is 0 Å². The van der Waals surface area contributed by atoms with E-state index in [0.29, 0.717) is 25.3 Å². The predicted molar refractivity (Wildman–Crippen MR) is 97.5 cm³/mol. The van der Waals surface area contributed by atoms with Gasteiger partial charge in [-0.2, -0.15) is 9.40 Å². The summed E-state index contributed by atoms with van der Waals surface area (Å²) in [5.41, 5.74) is 1.37. The van der Waals surface area contributed by atoms with Gasteiger partial charge in [0.15, 0.2) is 0 Å². The van der Waals surface area contributed by atoms with E-state index < -0.39 is 10.0 Å². The first-order chi connectivity index (χ1) is 13.0. The first-order valence-electron chi connectivity index (χ1n) is 8.79. The molecule has 0 aliphatic carbocycles. The topological polar surface area (TPSA) is 116 Å². The van der Waals surface area contributed by atoms with Crippen molar-refractivity contribution >= 4 is 21.7 Å². The Hall–Kier alpha value is -2.43. The summed E-state index contributed by atoms with van der Waals surface area (Å²) in [5.74, 6) is 0. The lowest BCUT2D eigenvalue weighted by atomic mass is 10.2. The zero-order valence-corrected chi connectivity index (χ0v) is 15.4. The number of carbonyl (C=O) groups is 1. The summed E-state index contributed by atoms with van der Waals surface area (Å²) in [6.07, 6.45) is 5.13. The Morgan fingerprint density at radius 3 is 2.56 bits per heavy atom. The highest BCUT2D eigenvalue weighted by Gasteiger charge is 2.39. The highest BCUT2D eigenvalue weighted by molar-refractivity contribution is 7.89. The van der Waals surface area contributed by atoms with Gasteiger partial charge in [0.1, 0.15) is 0 Å². The second kappa shape index (κ2) is 7.29. The number of benzene rings is 1. The number of urea groups is 1. The van der Waals surface area contributed by atoms with Crippen LogP contribution in [0.5, 0.6) is 0 Å². The minimum Gasteiger partial charge on any atom is -0.372 e. The number of hydrogen-bond donors (Lipinski definition) is 3. The maximum absolute atomic E-state index is 12.8. The molecule has 2 aliphatic rings. The van der Waals surface area contributed by atoms with Crippen molar-refractivity contribution in [1.29, 1.82) is 0 Å². The van der Waals surface area contributed by atoms with E-state index in [1.807, 2.05) is 0 Å². The van der Waals surface area contributed by atoms with Crippen molar-refractivity contribution in [1.82, 2.24) is 19.8 Å². The van der Waals surface area contributed by atoms with Gasteiger partial charge in [-0.1, -0.05) is 0 Å². The first-order valence-corrected chi connectivity index (χ1v) is 10.2. The molecule has 2 aliphatic heterocycles. The molecular formula is C17H21N5O4S. The summed E-state index contributed by atoms with van der Waals surface area (Å²) in [5, 5.41) is 11.8. The fourth-order valence-corrected chi connectivity index (χ4v) is 4.87. The lowest BCUT2D eigenvalue weighted by Gasteiger charge is -2.31. The third-order valence-electron chi connectivity index (χ3n) is 4.77. The zero-order chi connectivity index (χ0) is 18.9. The van der Waals surface area contributed by atoms with E-state index >= 15 is 0 Å². The summed E-state index contributed by atoms with van der Waals surface area (Å²) in [7, 11) is -3.56. The molecule has 1 aromatic carbocycles. The molecule has 2 fully saturated rings. The number of ether oxygens (including phenoxy) is 1. The fourth-order valence-electron chi connectivity index (χ4n) is 3.36. The number of nitrogens with zero attached hydrogens (tertiary/aromatic N) is 2. The largest absolute Gasteiger partial charge is 0.372 e. The Morgan fingerprint density at radius 2 is 1.93 bits per heavy atom. The maximum Gasteiger partial charge on any atom is 0.319 e. The quantitative estimate of drug-likeness (QED) is 0.710. The molecular weight excluding hydrogens is 370 g/mol. The summed E-state index contributed by atoms with van der Waals surface area (Å²) >= 11 is 0. The number of aromatic nitrogens is 2. The van der Waals surface area contributed by atoms with E-state index in [-0.39, 0.29) is 23.1 Å². The van der Waals surface area contributed by atoms with Crippen LogP contribution in [0.4, 0.5) is 10.5 Å². The van der Waals surface area contributed by atoms with Crippen molar-refractivity contribution in [3.8, 4) is 0 Å². The molecule has 2 amide bonds. The summed E-state index contributed by atoms with van der Waals surface area (Å²) in [6, 6.07) is 5.81. The summed E-state index contributed by atoms with van der Waals surface area (Å²) in [6.45, 7) is 1.14. The number of hydrogen-bond acceptors (Lipinski definition) is 5. The van der Waals surface area contributed by atoms with Crippen LogP contribution in [0.3, 0.4) is 0 Å². The average molecular weight is 391 g/mol. The normalized spacial score (nSPS) is 22.5. The minimum absolute atomic E-state index is 0.00149. The first kappa shape index (κ1) is 18.0. The number of amides is 2. The van der Waals surface area contributed by atoms with Crippen LogP contribution in [0, 0.1) is 0 Å². The lowest BCUT2D eigenvalue weighted by molar-refractivity contribution is -0.0114. The SMILES string of the molecule is O=C(NCc1cn[nH]c1)Nc1ccc(S(=O)(=O)N2CC3CCC(C2)O3)cc1. The van der Waals surface area contributed by atoms with E-state index in [1.165, 1.54) is 16.4 Å². The molecule has 0 saturated carbocycles. The van der Waals surface area contributed by atoms with Gasteiger partial charge in [-0.05, 0) is 37.1 Å². The van der Waals surface area contributed by atoms with Gasteiger partial charge in [-0.3, -0.25) is 5.10 Å². The van der Waals surface area contributed by atoms with E-state index in [2.05, 4.69) is 20.8 Å². The van der Waals surface area contributed by atoms with Crippen LogP contribution in [0.2, 0.25) is 0 Å². The van der Waals surface area contributed by atoms with Crippen molar-refractivity contribution < 1.29 is 17.9 Å². The number of H-pyrrole nitrogens is 1. The van der Waals surface area contributed by atoms with E-state index in [9.17, 15) is 13.2 Å². The molecule has 2 saturated heterocycles. The monoisotopic (exact) mass is 391 g/mol. The Balaban J connectivity index is 1.37. The van der Waals surface area contributed by atoms with Crippen LogP contribution in [0.25, 0.3) is 0 Å². The van der Waals surface area contributed by atoms with Crippen molar-refractivity contribution in [3.63, 3.8) is 0 Å². The molecule has 144 valence electrons. The molecule has 2 atom stereocenters. The van der Waals surface area contributed by atoms with Crippen molar-refractivity contribution in [3.05, 3.63) is 42.2 Å². The number of nitrogens with one attached hydrogen (secondary N) is 3.